The Labute approximate surface area is 140 Å². The van der Waals surface area contributed by atoms with Crippen molar-refractivity contribution in [3.05, 3.63) is 41.2 Å². The average molecular weight is 340 g/mol. The SMILES string of the molecule is Cl.O=C1CC(C(=O)NCC2=CCNCC2)c2ccc(F)cc2N1. The van der Waals surface area contributed by atoms with E-state index in [9.17, 15) is 14.0 Å². The van der Waals surface area contributed by atoms with Crippen molar-refractivity contribution in [1.82, 2.24) is 10.6 Å². The minimum atomic E-state index is -0.563. The van der Waals surface area contributed by atoms with Crippen LogP contribution in [0.15, 0.2) is 29.8 Å². The third-order valence-electron chi connectivity index (χ3n) is 4.02. The summed E-state index contributed by atoms with van der Waals surface area (Å²) in [4.78, 5) is 24.1. The predicted molar refractivity (Wildman–Crippen MR) is 88.2 cm³/mol. The molecular formula is C16H19ClFN3O2. The standard InChI is InChI=1S/C16H18FN3O2.ClH/c17-11-1-2-12-13(8-15(21)20-14(12)7-11)16(22)19-9-10-3-5-18-6-4-10;/h1-3,7,13,18H,4-6,8-9H2,(H,19,22)(H,20,21);1H. The summed E-state index contributed by atoms with van der Waals surface area (Å²) in [5, 5.41) is 8.71. The van der Waals surface area contributed by atoms with Crippen molar-refractivity contribution in [1.29, 1.82) is 0 Å². The Morgan fingerprint density at radius 3 is 2.96 bits per heavy atom. The second-order valence-electron chi connectivity index (χ2n) is 5.57. The monoisotopic (exact) mass is 339 g/mol. The average Bonchev–Trinajstić information content (AvgIpc) is 2.52. The molecule has 0 aliphatic carbocycles. The molecule has 23 heavy (non-hydrogen) atoms. The highest BCUT2D eigenvalue weighted by atomic mass is 35.5. The Morgan fingerprint density at radius 1 is 1.39 bits per heavy atom. The number of rotatable bonds is 3. The lowest BCUT2D eigenvalue weighted by Crippen LogP contribution is -2.36. The zero-order valence-corrected chi connectivity index (χ0v) is 13.3. The highest BCUT2D eigenvalue weighted by Gasteiger charge is 2.30. The lowest BCUT2D eigenvalue weighted by Gasteiger charge is -2.25. The van der Waals surface area contributed by atoms with Gasteiger partial charge in [-0.15, -0.1) is 12.4 Å². The fourth-order valence-electron chi connectivity index (χ4n) is 2.83. The van der Waals surface area contributed by atoms with E-state index >= 15 is 0 Å². The fourth-order valence-corrected chi connectivity index (χ4v) is 2.83. The van der Waals surface area contributed by atoms with Gasteiger partial charge in [0.15, 0.2) is 0 Å². The largest absolute Gasteiger partial charge is 0.352 e. The quantitative estimate of drug-likeness (QED) is 0.734. The predicted octanol–water partition coefficient (Wildman–Crippen LogP) is 1.71. The molecule has 3 rings (SSSR count). The Kier molecular flexibility index (Phi) is 5.74. The van der Waals surface area contributed by atoms with Gasteiger partial charge in [0.05, 0.1) is 5.92 Å². The number of carbonyl (C=O) groups excluding carboxylic acids is 2. The first kappa shape index (κ1) is 17.4. The molecule has 0 saturated heterocycles. The van der Waals surface area contributed by atoms with Crippen molar-refractivity contribution in [2.45, 2.75) is 18.8 Å². The Morgan fingerprint density at radius 2 is 2.22 bits per heavy atom. The summed E-state index contributed by atoms with van der Waals surface area (Å²) in [5.74, 6) is -1.45. The normalized spacial score (nSPS) is 19.8. The number of hydrogen-bond acceptors (Lipinski definition) is 3. The first-order chi connectivity index (χ1) is 10.6. The number of amides is 2. The molecule has 0 radical (unpaired) electrons. The molecule has 124 valence electrons. The molecule has 2 aliphatic rings. The van der Waals surface area contributed by atoms with E-state index in [-0.39, 0.29) is 30.6 Å². The summed E-state index contributed by atoms with van der Waals surface area (Å²) in [6, 6.07) is 4.13. The van der Waals surface area contributed by atoms with E-state index in [0.29, 0.717) is 17.8 Å². The lowest BCUT2D eigenvalue weighted by molar-refractivity contribution is -0.126. The van der Waals surface area contributed by atoms with E-state index in [0.717, 1.165) is 19.5 Å². The van der Waals surface area contributed by atoms with Crippen LogP contribution in [0.3, 0.4) is 0 Å². The van der Waals surface area contributed by atoms with Crippen molar-refractivity contribution in [3.63, 3.8) is 0 Å². The van der Waals surface area contributed by atoms with Crippen LogP contribution in [0.5, 0.6) is 0 Å². The van der Waals surface area contributed by atoms with Gasteiger partial charge in [-0.05, 0) is 30.7 Å². The molecule has 7 heteroatoms. The topological polar surface area (TPSA) is 70.2 Å². The van der Waals surface area contributed by atoms with E-state index in [1.54, 1.807) is 6.07 Å². The van der Waals surface area contributed by atoms with Crippen LogP contribution in [0.1, 0.15) is 24.3 Å². The summed E-state index contributed by atoms with van der Waals surface area (Å²) in [6.45, 7) is 2.23. The van der Waals surface area contributed by atoms with Gasteiger partial charge in [-0.25, -0.2) is 4.39 Å². The number of fused-ring (bicyclic) bond motifs is 1. The van der Waals surface area contributed by atoms with Crippen LogP contribution in [0.25, 0.3) is 0 Å². The van der Waals surface area contributed by atoms with Crippen molar-refractivity contribution in [2.75, 3.05) is 25.0 Å². The van der Waals surface area contributed by atoms with E-state index < -0.39 is 11.7 Å². The number of carbonyl (C=O) groups is 2. The molecule has 2 amide bonds. The Bertz CT molecular complexity index is 648. The van der Waals surface area contributed by atoms with Crippen LogP contribution in [0.2, 0.25) is 0 Å². The summed E-state index contributed by atoms with van der Waals surface area (Å²) in [6.07, 6.45) is 3.07. The molecule has 3 N–H and O–H groups in total. The molecule has 2 aliphatic heterocycles. The van der Waals surface area contributed by atoms with E-state index in [1.165, 1.54) is 17.7 Å². The third kappa shape index (κ3) is 4.09. The first-order valence-corrected chi connectivity index (χ1v) is 7.39. The van der Waals surface area contributed by atoms with Crippen LogP contribution in [-0.4, -0.2) is 31.4 Å². The molecule has 0 aromatic heterocycles. The summed E-state index contributed by atoms with van der Waals surface area (Å²) in [7, 11) is 0. The minimum Gasteiger partial charge on any atom is -0.352 e. The minimum absolute atomic E-state index is 0. The molecule has 0 fully saturated rings. The number of nitrogens with one attached hydrogen (secondary N) is 3. The van der Waals surface area contributed by atoms with Crippen LogP contribution < -0.4 is 16.0 Å². The maximum atomic E-state index is 13.3. The van der Waals surface area contributed by atoms with Gasteiger partial charge in [-0.3, -0.25) is 9.59 Å². The van der Waals surface area contributed by atoms with Gasteiger partial charge in [0.25, 0.3) is 0 Å². The molecule has 1 aromatic rings. The van der Waals surface area contributed by atoms with Crippen LogP contribution in [0, 0.1) is 5.82 Å². The molecular weight excluding hydrogens is 321 g/mol. The second kappa shape index (κ2) is 7.57. The molecule has 0 bridgehead atoms. The molecule has 5 nitrogen and oxygen atoms in total. The van der Waals surface area contributed by atoms with Crippen molar-refractivity contribution >= 4 is 29.9 Å². The maximum Gasteiger partial charge on any atom is 0.228 e. The molecule has 1 aromatic carbocycles. The summed E-state index contributed by atoms with van der Waals surface area (Å²) in [5.41, 5.74) is 2.24. The highest BCUT2D eigenvalue weighted by molar-refractivity contribution is 6.01. The number of halogens is 2. The van der Waals surface area contributed by atoms with Gasteiger partial charge in [0.1, 0.15) is 5.82 Å². The Hall–Kier alpha value is -1.92. The molecule has 0 spiro atoms. The van der Waals surface area contributed by atoms with Gasteiger partial charge in [-0.1, -0.05) is 17.7 Å². The molecule has 2 heterocycles. The number of anilines is 1. The lowest BCUT2D eigenvalue weighted by atomic mass is 9.89. The van der Waals surface area contributed by atoms with Crippen molar-refractivity contribution in [3.8, 4) is 0 Å². The van der Waals surface area contributed by atoms with Gasteiger partial charge < -0.3 is 16.0 Å². The summed E-state index contributed by atoms with van der Waals surface area (Å²) >= 11 is 0. The van der Waals surface area contributed by atoms with Gasteiger partial charge in [0.2, 0.25) is 11.8 Å². The zero-order valence-electron chi connectivity index (χ0n) is 12.5. The maximum absolute atomic E-state index is 13.3. The smallest absolute Gasteiger partial charge is 0.228 e. The van der Waals surface area contributed by atoms with Crippen molar-refractivity contribution < 1.29 is 14.0 Å². The number of benzene rings is 1. The van der Waals surface area contributed by atoms with Crippen LogP contribution >= 0.6 is 12.4 Å². The molecule has 0 saturated carbocycles. The van der Waals surface area contributed by atoms with E-state index in [1.807, 2.05) is 0 Å². The van der Waals surface area contributed by atoms with Crippen LogP contribution in [-0.2, 0) is 9.59 Å². The molecule has 1 atom stereocenters. The van der Waals surface area contributed by atoms with Gasteiger partial charge in [-0.2, -0.15) is 0 Å². The van der Waals surface area contributed by atoms with E-state index in [4.69, 9.17) is 0 Å². The first-order valence-electron chi connectivity index (χ1n) is 7.39. The fraction of sp³-hybridized carbons (Fsp3) is 0.375. The second-order valence-corrected chi connectivity index (χ2v) is 5.57. The Balaban J connectivity index is 0.00000192. The van der Waals surface area contributed by atoms with Gasteiger partial charge in [0, 0.05) is 25.2 Å². The number of hydrogen-bond donors (Lipinski definition) is 3. The van der Waals surface area contributed by atoms with Crippen LogP contribution in [0.4, 0.5) is 10.1 Å². The van der Waals surface area contributed by atoms with Crippen molar-refractivity contribution in [2.24, 2.45) is 0 Å². The zero-order chi connectivity index (χ0) is 15.5. The third-order valence-corrected chi connectivity index (χ3v) is 4.02. The summed E-state index contributed by atoms with van der Waals surface area (Å²) < 4.78 is 13.3. The van der Waals surface area contributed by atoms with E-state index in [2.05, 4.69) is 22.0 Å². The molecule has 1 unspecified atom stereocenters. The van der Waals surface area contributed by atoms with Gasteiger partial charge >= 0.3 is 0 Å². The highest BCUT2D eigenvalue weighted by Crippen LogP contribution is 2.32.